The Balaban J connectivity index is 1.66. The Kier molecular flexibility index (Phi) is 7.65. The first-order valence-corrected chi connectivity index (χ1v) is 12.2. The van der Waals surface area contributed by atoms with Gasteiger partial charge in [0.15, 0.2) is 0 Å². The van der Waals surface area contributed by atoms with Gasteiger partial charge in [-0.3, -0.25) is 5.21 Å². The third kappa shape index (κ3) is 5.16. The predicted octanol–water partition coefficient (Wildman–Crippen LogP) is 5.45. The van der Waals surface area contributed by atoms with Crippen molar-refractivity contribution < 1.29 is 18.8 Å². The minimum absolute atomic E-state index is 0.0216. The molecular formula is C25H28F2N4O2S. The number of nitrogens with zero attached hydrogens (tertiary/aromatic N) is 3. The van der Waals surface area contributed by atoms with Crippen LogP contribution in [0.5, 0.6) is 0 Å². The smallest absolute Gasteiger partial charge is 0.311 e. The molecule has 0 saturated heterocycles. The molecule has 0 saturated carbocycles. The van der Waals surface area contributed by atoms with Crippen LogP contribution in [0.2, 0.25) is 0 Å². The average molecular weight is 487 g/mol. The summed E-state index contributed by atoms with van der Waals surface area (Å²) in [6.45, 7) is 0.713. The number of hydrogen-bond acceptors (Lipinski definition) is 5. The molecule has 0 aromatic heterocycles. The molecule has 180 valence electrons. The second-order valence-corrected chi connectivity index (χ2v) is 9.69. The lowest BCUT2D eigenvalue weighted by Crippen LogP contribution is -2.46. The predicted molar refractivity (Wildman–Crippen MR) is 129 cm³/mol. The molecule has 1 heterocycles. The summed E-state index contributed by atoms with van der Waals surface area (Å²) in [6.07, 6.45) is 8.89. The van der Waals surface area contributed by atoms with E-state index in [9.17, 15) is 18.8 Å². The van der Waals surface area contributed by atoms with Crippen LogP contribution in [0.1, 0.15) is 43.2 Å². The van der Waals surface area contributed by atoms with E-state index in [0.717, 1.165) is 43.0 Å². The molecule has 2 aromatic rings. The fourth-order valence-corrected chi connectivity index (χ4v) is 5.69. The fraction of sp³-hybridized carbons (Fsp3) is 0.360. The normalized spacial score (nSPS) is 22.1. The van der Waals surface area contributed by atoms with Crippen LogP contribution in [0, 0.1) is 11.6 Å². The minimum Gasteiger partial charge on any atom is -0.311 e. The van der Waals surface area contributed by atoms with Crippen LogP contribution in [0.15, 0.2) is 65.8 Å². The molecule has 9 heteroatoms. The van der Waals surface area contributed by atoms with Crippen LogP contribution in [-0.4, -0.2) is 46.0 Å². The van der Waals surface area contributed by atoms with E-state index >= 15 is 0 Å². The molecule has 2 atom stereocenters. The molecule has 6 nitrogen and oxygen atoms in total. The van der Waals surface area contributed by atoms with E-state index in [1.165, 1.54) is 23.8 Å². The highest BCUT2D eigenvalue weighted by atomic mass is 32.2. The Labute approximate surface area is 202 Å². The van der Waals surface area contributed by atoms with E-state index in [-0.39, 0.29) is 10.6 Å². The van der Waals surface area contributed by atoms with Gasteiger partial charge in [-0.15, -0.1) is 0 Å². The summed E-state index contributed by atoms with van der Waals surface area (Å²) >= 11 is 1.20. The maximum atomic E-state index is 14.6. The summed E-state index contributed by atoms with van der Waals surface area (Å²) in [6, 6.07) is 12.1. The van der Waals surface area contributed by atoms with Gasteiger partial charge in [-0.05, 0) is 62.4 Å². The number of carbonyl (C=O) groups is 1. The van der Waals surface area contributed by atoms with Gasteiger partial charge in [-0.1, -0.05) is 54.2 Å². The van der Waals surface area contributed by atoms with Crippen molar-refractivity contribution in [3.8, 4) is 0 Å². The van der Waals surface area contributed by atoms with Gasteiger partial charge in [0.05, 0.1) is 0 Å². The molecule has 1 aliphatic carbocycles. The van der Waals surface area contributed by atoms with Gasteiger partial charge in [0.2, 0.25) is 0 Å². The topological polar surface area (TPSA) is 68.2 Å². The van der Waals surface area contributed by atoms with E-state index < -0.39 is 22.5 Å². The van der Waals surface area contributed by atoms with E-state index in [4.69, 9.17) is 0 Å². The van der Waals surface area contributed by atoms with Crippen LogP contribution in [0.25, 0.3) is 0 Å². The first-order chi connectivity index (χ1) is 16.4. The lowest BCUT2D eigenvalue weighted by atomic mass is 9.99. The van der Waals surface area contributed by atoms with Crippen molar-refractivity contribution in [2.24, 2.45) is 5.10 Å². The second-order valence-electron chi connectivity index (χ2n) is 8.42. The number of hydrazone groups is 1. The number of allylic oxidation sites excluding steroid dienone is 1. The van der Waals surface area contributed by atoms with Crippen molar-refractivity contribution >= 4 is 22.8 Å². The van der Waals surface area contributed by atoms with E-state index in [0.29, 0.717) is 30.5 Å². The number of hydrogen-bond donors (Lipinski definition) is 2. The largest absolute Gasteiger partial charge is 0.365 e. The van der Waals surface area contributed by atoms with Gasteiger partial charge < -0.3 is 5.32 Å². The molecule has 34 heavy (non-hydrogen) atoms. The molecule has 2 N–H and O–H groups in total. The van der Waals surface area contributed by atoms with Crippen LogP contribution >= 0.6 is 11.8 Å². The SMILES string of the molecule is CN(O)C(=O)N1N=C(c2cc(F)ccc2F)SC1(CCCNC1C=CCCC1)c1ccccc1. The zero-order valence-electron chi connectivity index (χ0n) is 19.0. The lowest BCUT2D eigenvalue weighted by Gasteiger charge is -2.36. The number of amides is 2. The standard InChI is InChI=1S/C25H28F2N4O2S/c1-30(33)24(32)31-25(18-9-4-2-5-10-18,15-8-16-28-20-11-6-3-7-12-20)34-23(29-31)21-17-19(26)13-14-22(21)27/h2,4-6,9-11,13-14,17,20,28,33H,3,7-8,12,15-16H2,1H3. The van der Waals surface area contributed by atoms with E-state index in [2.05, 4.69) is 22.6 Å². The molecule has 2 aliphatic rings. The van der Waals surface area contributed by atoms with Crippen LogP contribution in [-0.2, 0) is 4.87 Å². The molecule has 0 fully saturated rings. The number of rotatable bonds is 7. The summed E-state index contributed by atoms with van der Waals surface area (Å²) < 4.78 is 28.6. The van der Waals surface area contributed by atoms with Crippen LogP contribution in [0.3, 0.4) is 0 Å². The van der Waals surface area contributed by atoms with Crippen molar-refractivity contribution in [3.05, 3.63) is 83.4 Å². The molecular weight excluding hydrogens is 458 g/mol. The Morgan fingerprint density at radius 1 is 1.29 bits per heavy atom. The number of nitrogens with one attached hydrogen (secondary N) is 1. The summed E-state index contributed by atoms with van der Waals surface area (Å²) in [7, 11) is 1.22. The highest BCUT2D eigenvalue weighted by Crippen LogP contribution is 2.50. The van der Waals surface area contributed by atoms with Crippen molar-refractivity contribution in [2.45, 2.75) is 43.0 Å². The van der Waals surface area contributed by atoms with Crippen molar-refractivity contribution in [1.29, 1.82) is 0 Å². The molecule has 0 spiro atoms. The highest BCUT2D eigenvalue weighted by molar-refractivity contribution is 8.15. The maximum Gasteiger partial charge on any atom is 0.365 e. The molecule has 0 bridgehead atoms. The molecule has 2 unspecified atom stereocenters. The summed E-state index contributed by atoms with van der Waals surface area (Å²) in [5.74, 6) is -1.23. The van der Waals surface area contributed by atoms with Crippen molar-refractivity contribution in [3.63, 3.8) is 0 Å². The zero-order chi connectivity index (χ0) is 24.1. The number of hydroxylamine groups is 2. The van der Waals surface area contributed by atoms with Gasteiger partial charge in [0.25, 0.3) is 0 Å². The minimum atomic E-state index is -1.03. The highest BCUT2D eigenvalue weighted by Gasteiger charge is 2.49. The number of halogens is 2. The number of carbonyl (C=O) groups excluding carboxylic acids is 1. The average Bonchev–Trinajstić information content (AvgIpc) is 3.24. The Hall–Kier alpha value is -2.75. The molecule has 2 aromatic carbocycles. The molecule has 0 radical (unpaired) electrons. The second kappa shape index (κ2) is 10.7. The lowest BCUT2D eigenvalue weighted by molar-refractivity contribution is -0.0404. The Bertz CT molecular complexity index is 1080. The van der Waals surface area contributed by atoms with Gasteiger partial charge in [0, 0.05) is 18.7 Å². The molecule has 2 amide bonds. The first kappa shape index (κ1) is 24.4. The number of urea groups is 1. The Morgan fingerprint density at radius 2 is 2.09 bits per heavy atom. The third-order valence-corrected chi connectivity index (χ3v) is 7.44. The fourth-order valence-electron chi connectivity index (χ4n) is 4.28. The van der Waals surface area contributed by atoms with Gasteiger partial charge >= 0.3 is 6.03 Å². The quantitative estimate of drug-likeness (QED) is 0.236. The van der Waals surface area contributed by atoms with Crippen LogP contribution < -0.4 is 5.32 Å². The summed E-state index contributed by atoms with van der Waals surface area (Å²) in [5, 5.41) is 19.7. The number of benzene rings is 2. The van der Waals surface area contributed by atoms with Crippen molar-refractivity contribution in [2.75, 3.05) is 13.6 Å². The van der Waals surface area contributed by atoms with Gasteiger partial charge in [-0.25, -0.2) is 18.6 Å². The van der Waals surface area contributed by atoms with Gasteiger partial charge in [0.1, 0.15) is 21.5 Å². The monoisotopic (exact) mass is 486 g/mol. The molecule has 1 aliphatic heterocycles. The zero-order valence-corrected chi connectivity index (χ0v) is 19.8. The summed E-state index contributed by atoms with van der Waals surface area (Å²) in [4.78, 5) is 12.0. The van der Waals surface area contributed by atoms with E-state index in [1.54, 1.807) is 0 Å². The summed E-state index contributed by atoms with van der Waals surface area (Å²) in [5.41, 5.74) is 0.759. The third-order valence-electron chi connectivity index (χ3n) is 5.99. The van der Waals surface area contributed by atoms with Gasteiger partial charge in [-0.2, -0.15) is 10.1 Å². The number of thioether (sulfide) groups is 1. The van der Waals surface area contributed by atoms with Crippen LogP contribution in [0.4, 0.5) is 13.6 Å². The first-order valence-electron chi connectivity index (χ1n) is 11.4. The molecule has 4 rings (SSSR count). The maximum absolute atomic E-state index is 14.6. The van der Waals surface area contributed by atoms with Crippen molar-refractivity contribution in [1.82, 2.24) is 15.4 Å². The Morgan fingerprint density at radius 3 is 2.79 bits per heavy atom. The van der Waals surface area contributed by atoms with E-state index in [1.807, 2.05) is 30.3 Å².